The van der Waals surface area contributed by atoms with Gasteiger partial charge in [-0.25, -0.2) is 0 Å². The van der Waals surface area contributed by atoms with Crippen LogP contribution >= 0.6 is 22.7 Å². The molecule has 0 aliphatic rings. The maximum Gasteiger partial charge on any atom is 0.205 e. The van der Waals surface area contributed by atoms with Crippen LogP contribution in [0.4, 0.5) is 0 Å². The zero-order chi connectivity index (χ0) is 9.26. The molecule has 2 heterocycles. The Morgan fingerprint density at radius 1 is 1.46 bits per heavy atom. The van der Waals surface area contributed by atoms with Crippen molar-refractivity contribution in [3.05, 3.63) is 38.5 Å². The van der Waals surface area contributed by atoms with Crippen molar-refractivity contribution in [2.75, 3.05) is 0 Å². The van der Waals surface area contributed by atoms with Crippen LogP contribution < -0.4 is 0 Å². The second-order valence-corrected chi connectivity index (χ2v) is 4.64. The van der Waals surface area contributed by atoms with E-state index in [1.807, 2.05) is 18.4 Å². The lowest BCUT2D eigenvalue weighted by atomic mass is 10.2. The van der Waals surface area contributed by atoms with Crippen LogP contribution in [0, 0.1) is 6.92 Å². The highest BCUT2D eigenvalue weighted by atomic mass is 32.1. The van der Waals surface area contributed by atoms with E-state index in [-0.39, 0.29) is 5.78 Å². The Morgan fingerprint density at radius 3 is 2.85 bits per heavy atom. The van der Waals surface area contributed by atoms with Gasteiger partial charge in [0.25, 0.3) is 0 Å². The average Bonchev–Trinajstić information content (AvgIpc) is 2.72. The van der Waals surface area contributed by atoms with Gasteiger partial charge in [0.1, 0.15) is 0 Å². The third kappa shape index (κ3) is 1.68. The number of thiazole rings is 1. The van der Waals surface area contributed by atoms with Gasteiger partial charge in [-0.3, -0.25) is 9.78 Å². The van der Waals surface area contributed by atoms with Gasteiger partial charge in [-0.2, -0.15) is 0 Å². The number of carbonyl (C=O) groups is 1. The molecular formula is C9H7NOS2. The van der Waals surface area contributed by atoms with Crippen LogP contribution in [-0.2, 0) is 0 Å². The van der Waals surface area contributed by atoms with Gasteiger partial charge in [0.05, 0.1) is 10.4 Å². The molecule has 66 valence electrons. The second kappa shape index (κ2) is 3.40. The molecule has 0 radical (unpaired) electrons. The Hall–Kier alpha value is -1.00. The largest absolute Gasteiger partial charge is 0.288 e. The zero-order valence-electron chi connectivity index (χ0n) is 6.98. The summed E-state index contributed by atoms with van der Waals surface area (Å²) >= 11 is 2.97. The van der Waals surface area contributed by atoms with Crippen LogP contribution in [0.3, 0.4) is 0 Å². The minimum Gasteiger partial charge on any atom is -0.288 e. The molecular weight excluding hydrogens is 202 g/mol. The lowest BCUT2D eigenvalue weighted by molar-refractivity contribution is 0.104. The topological polar surface area (TPSA) is 30.0 Å². The fourth-order valence-corrected chi connectivity index (χ4v) is 2.30. The highest BCUT2D eigenvalue weighted by Crippen LogP contribution is 2.18. The molecule has 0 fully saturated rings. The standard InChI is InChI=1S/C9H7NOS2/c1-6-2-7(4-12-6)9(11)8-3-10-5-13-8/h2-5H,1H3. The zero-order valence-corrected chi connectivity index (χ0v) is 8.61. The SMILES string of the molecule is Cc1cc(C(=O)c2cncs2)cs1. The van der Waals surface area contributed by atoms with E-state index in [0.717, 1.165) is 10.4 Å². The van der Waals surface area contributed by atoms with Gasteiger partial charge in [-0.15, -0.1) is 22.7 Å². The van der Waals surface area contributed by atoms with Crippen LogP contribution in [0.1, 0.15) is 20.1 Å². The summed E-state index contributed by atoms with van der Waals surface area (Å²) in [5.41, 5.74) is 2.44. The average molecular weight is 209 g/mol. The van der Waals surface area contributed by atoms with Crippen LogP contribution in [0.25, 0.3) is 0 Å². The number of thiophene rings is 1. The molecule has 2 rings (SSSR count). The van der Waals surface area contributed by atoms with Gasteiger partial charge < -0.3 is 0 Å². The number of hydrogen-bond acceptors (Lipinski definition) is 4. The molecule has 0 aromatic carbocycles. The molecule has 0 N–H and O–H groups in total. The number of aryl methyl sites for hydroxylation is 1. The number of ketones is 1. The highest BCUT2D eigenvalue weighted by molar-refractivity contribution is 7.12. The predicted octanol–water partition coefficient (Wildman–Crippen LogP) is 2.74. The lowest BCUT2D eigenvalue weighted by Gasteiger charge is -1.89. The van der Waals surface area contributed by atoms with Gasteiger partial charge in [0.2, 0.25) is 5.78 Å². The van der Waals surface area contributed by atoms with Crippen LogP contribution in [0.5, 0.6) is 0 Å². The first-order valence-corrected chi connectivity index (χ1v) is 5.51. The second-order valence-electron chi connectivity index (χ2n) is 2.64. The normalized spacial score (nSPS) is 10.2. The monoisotopic (exact) mass is 209 g/mol. The van der Waals surface area contributed by atoms with E-state index in [4.69, 9.17) is 0 Å². The third-order valence-electron chi connectivity index (χ3n) is 1.65. The van der Waals surface area contributed by atoms with E-state index < -0.39 is 0 Å². The molecule has 0 unspecified atom stereocenters. The van der Waals surface area contributed by atoms with Crippen molar-refractivity contribution in [2.45, 2.75) is 6.92 Å². The Morgan fingerprint density at radius 2 is 2.31 bits per heavy atom. The summed E-state index contributed by atoms with van der Waals surface area (Å²) in [4.78, 5) is 17.4. The van der Waals surface area contributed by atoms with Crippen molar-refractivity contribution in [3.8, 4) is 0 Å². The number of nitrogens with zero attached hydrogens (tertiary/aromatic N) is 1. The first kappa shape index (κ1) is 8.59. The van der Waals surface area contributed by atoms with Crippen molar-refractivity contribution in [2.24, 2.45) is 0 Å². The smallest absolute Gasteiger partial charge is 0.205 e. The van der Waals surface area contributed by atoms with Gasteiger partial charge >= 0.3 is 0 Å². The van der Waals surface area contributed by atoms with E-state index in [1.54, 1.807) is 23.0 Å². The summed E-state index contributed by atoms with van der Waals surface area (Å²) < 4.78 is 0. The molecule has 2 aromatic heterocycles. The molecule has 2 aromatic rings. The molecule has 0 saturated carbocycles. The summed E-state index contributed by atoms with van der Waals surface area (Å²) in [7, 11) is 0. The Kier molecular flexibility index (Phi) is 2.24. The fourth-order valence-electron chi connectivity index (χ4n) is 1.03. The molecule has 0 atom stereocenters. The van der Waals surface area contributed by atoms with Crippen molar-refractivity contribution in [3.63, 3.8) is 0 Å². The maximum absolute atomic E-state index is 11.7. The minimum absolute atomic E-state index is 0.0758. The van der Waals surface area contributed by atoms with E-state index in [0.29, 0.717) is 4.88 Å². The maximum atomic E-state index is 11.7. The molecule has 13 heavy (non-hydrogen) atoms. The summed E-state index contributed by atoms with van der Waals surface area (Å²) in [6, 6.07) is 1.91. The highest BCUT2D eigenvalue weighted by Gasteiger charge is 2.11. The Labute approximate surface area is 83.9 Å². The Balaban J connectivity index is 2.33. The number of carbonyl (C=O) groups excluding carboxylic acids is 1. The molecule has 0 bridgehead atoms. The summed E-state index contributed by atoms with van der Waals surface area (Å²) in [6.07, 6.45) is 1.61. The molecule has 0 aliphatic carbocycles. The summed E-state index contributed by atoms with van der Waals surface area (Å²) in [5.74, 6) is 0.0758. The van der Waals surface area contributed by atoms with Gasteiger partial charge in [-0.1, -0.05) is 0 Å². The molecule has 0 saturated heterocycles. The summed E-state index contributed by atoms with van der Waals surface area (Å²) in [6.45, 7) is 1.99. The number of aromatic nitrogens is 1. The lowest BCUT2D eigenvalue weighted by Crippen LogP contribution is -1.95. The van der Waals surface area contributed by atoms with E-state index in [2.05, 4.69) is 4.98 Å². The van der Waals surface area contributed by atoms with Gasteiger partial charge in [-0.05, 0) is 13.0 Å². The first-order valence-electron chi connectivity index (χ1n) is 3.75. The van der Waals surface area contributed by atoms with Crippen LogP contribution in [-0.4, -0.2) is 10.8 Å². The molecule has 2 nitrogen and oxygen atoms in total. The van der Waals surface area contributed by atoms with E-state index >= 15 is 0 Å². The predicted molar refractivity (Wildman–Crippen MR) is 54.6 cm³/mol. The first-order chi connectivity index (χ1) is 6.27. The van der Waals surface area contributed by atoms with Crippen molar-refractivity contribution >= 4 is 28.5 Å². The van der Waals surface area contributed by atoms with Crippen molar-refractivity contribution < 1.29 is 4.79 Å². The summed E-state index contributed by atoms with van der Waals surface area (Å²) in [5, 5.41) is 1.89. The molecule has 4 heteroatoms. The van der Waals surface area contributed by atoms with Crippen LogP contribution in [0.2, 0.25) is 0 Å². The van der Waals surface area contributed by atoms with E-state index in [9.17, 15) is 4.79 Å². The van der Waals surface area contributed by atoms with E-state index in [1.165, 1.54) is 11.3 Å². The number of hydrogen-bond donors (Lipinski definition) is 0. The van der Waals surface area contributed by atoms with Crippen molar-refractivity contribution in [1.82, 2.24) is 4.98 Å². The molecule has 0 aliphatic heterocycles. The Bertz CT molecular complexity index is 417. The van der Waals surface area contributed by atoms with Gasteiger partial charge in [0.15, 0.2) is 0 Å². The minimum atomic E-state index is 0.0758. The quantitative estimate of drug-likeness (QED) is 0.712. The number of rotatable bonds is 2. The molecule has 0 amide bonds. The third-order valence-corrected chi connectivity index (χ3v) is 3.28. The van der Waals surface area contributed by atoms with Gasteiger partial charge in [0, 0.05) is 22.0 Å². The van der Waals surface area contributed by atoms with Crippen molar-refractivity contribution in [1.29, 1.82) is 0 Å². The molecule has 0 spiro atoms. The fraction of sp³-hybridized carbons (Fsp3) is 0.111. The van der Waals surface area contributed by atoms with Crippen LogP contribution in [0.15, 0.2) is 23.2 Å².